The third kappa shape index (κ3) is 4.13. The van der Waals surface area contributed by atoms with E-state index in [0.717, 1.165) is 28.8 Å². The molecule has 1 unspecified atom stereocenters. The van der Waals surface area contributed by atoms with Gasteiger partial charge in [-0.25, -0.2) is 4.39 Å². The Kier molecular flexibility index (Phi) is 5.82. The second kappa shape index (κ2) is 7.83. The van der Waals surface area contributed by atoms with Crippen molar-refractivity contribution in [3.63, 3.8) is 0 Å². The Bertz CT molecular complexity index is 688. The van der Waals surface area contributed by atoms with E-state index in [0.29, 0.717) is 6.54 Å². The molecule has 23 heavy (non-hydrogen) atoms. The number of rotatable bonds is 6. The van der Waals surface area contributed by atoms with Gasteiger partial charge < -0.3 is 10.1 Å². The summed E-state index contributed by atoms with van der Waals surface area (Å²) in [4.78, 5) is 15.9. The summed E-state index contributed by atoms with van der Waals surface area (Å²) in [6, 6.07) is 6.60. The Morgan fingerprint density at radius 2 is 2.13 bits per heavy atom. The van der Waals surface area contributed by atoms with Crippen LogP contribution in [-0.4, -0.2) is 24.6 Å². The summed E-state index contributed by atoms with van der Waals surface area (Å²) in [6.07, 6.45) is 3.37. The van der Waals surface area contributed by atoms with Crippen LogP contribution in [0, 0.1) is 5.82 Å². The highest BCUT2D eigenvalue weighted by atomic mass is 19.1. The molecule has 5 heteroatoms. The highest BCUT2D eigenvalue weighted by Crippen LogP contribution is 2.27. The number of esters is 1. The molecule has 0 fully saturated rings. The van der Waals surface area contributed by atoms with E-state index < -0.39 is 5.92 Å². The number of nitrogens with zero attached hydrogens (tertiary/aromatic N) is 1. The Morgan fingerprint density at radius 1 is 1.35 bits per heavy atom. The highest BCUT2D eigenvalue weighted by molar-refractivity contribution is 5.78. The van der Waals surface area contributed by atoms with Gasteiger partial charge in [-0.1, -0.05) is 13.0 Å². The maximum Gasteiger partial charge on any atom is 0.312 e. The lowest BCUT2D eigenvalue weighted by molar-refractivity contribution is -0.142. The average Bonchev–Trinajstić information content (AvgIpc) is 2.58. The zero-order valence-electron chi connectivity index (χ0n) is 13.6. The summed E-state index contributed by atoms with van der Waals surface area (Å²) in [6.45, 7) is 5.14. The number of halogens is 1. The van der Waals surface area contributed by atoms with Crippen LogP contribution in [0.15, 0.2) is 36.7 Å². The Hall–Kier alpha value is -2.27. The number of carbonyl (C=O) groups is 1. The minimum Gasteiger partial charge on any atom is -0.469 e. The predicted octanol–water partition coefficient (Wildman–Crippen LogP) is 3.27. The van der Waals surface area contributed by atoms with Gasteiger partial charge in [-0.2, -0.15) is 0 Å². The van der Waals surface area contributed by atoms with E-state index in [9.17, 15) is 9.18 Å². The van der Waals surface area contributed by atoms with E-state index in [-0.39, 0.29) is 11.8 Å². The molecule has 1 heterocycles. The molecule has 2 aromatic rings. The van der Waals surface area contributed by atoms with Gasteiger partial charge in [0.2, 0.25) is 0 Å². The SMILES string of the molecule is CCNCc1cc(F)ccc1-c1cncc(C(C)C(=O)OC)c1. The molecule has 0 aliphatic heterocycles. The highest BCUT2D eigenvalue weighted by Gasteiger charge is 2.17. The van der Waals surface area contributed by atoms with Gasteiger partial charge in [-0.3, -0.25) is 9.78 Å². The second-order valence-corrected chi connectivity index (χ2v) is 5.33. The maximum atomic E-state index is 13.5. The molecule has 0 saturated heterocycles. The quantitative estimate of drug-likeness (QED) is 0.831. The minimum absolute atomic E-state index is 0.270. The van der Waals surface area contributed by atoms with Crippen molar-refractivity contribution in [1.82, 2.24) is 10.3 Å². The van der Waals surface area contributed by atoms with Crippen molar-refractivity contribution in [2.24, 2.45) is 0 Å². The monoisotopic (exact) mass is 316 g/mol. The lowest BCUT2D eigenvalue weighted by Crippen LogP contribution is -2.13. The van der Waals surface area contributed by atoms with Crippen molar-refractivity contribution in [3.05, 3.63) is 53.6 Å². The number of methoxy groups -OCH3 is 1. The number of hydrogen-bond acceptors (Lipinski definition) is 4. The normalized spacial score (nSPS) is 12.0. The maximum absolute atomic E-state index is 13.5. The first-order valence-electron chi connectivity index (χ1n) is 7.59. The van der Waals surface area contributed by atoms with Crippen molar-refractivity contribution in [2.45, 2.75) is 26.3 Å². The van der Waals surface area contributed by atoms with Crippen molar-refractivity contribution >= 4 is 5.97 Å². The summed E-state index contributed by atoms with van der Waals surface area (Å²) in [5.74, 6) is -0.977. The third-order valence-corrected chi connectivity index (χ3v) is 3.76. The first-order valence-corrected chi connectivity index (χ1v) is 7.59. The Labute approximate surface area is 135 Å². The Balaban J connectivity index is 2.40. The van der Waals surface area contributed by atoms with Crippen LogP contribution in [0.2, 0.25) is 0 Å². The lowest BCUT2D eigenvalue weighted by Gasteiger charge is -2.13. The molecular formula is C18H21FN2O2. The Morgan fingerprint density at radius 3 is 2.83 bits per heavy atom. The summed E-state index contributed by atoms with van der Waals surface area (Å²) >= 11 is 0. The van der Waals surface area contributed by atoms with Crippen LogP contribution in [0.1, 0.15) is 30.9 Å². The lowest BCUT2D eigenvalue weighted by atomic mass is 9.96. The van der Waals surface area contributed by atoms with Gasteiger partial charge in [0, 0.05) is 24.5 Å². The van der Waals surface area contributed by atoms with Crippen molar-refractivity contribution in [3.8, 4) is 11.1 Å². The predicted molar refractivity (Wildman–Crippen MR) is 87.4 cm³/mol. The second-order valence-electron chi connectivity index (χ2n) is 5.33. The molecule has 0 bridgehead atoms. The fraction of sp³-hybridized carbons (Fsp3) is 0.333. The van der Waals surface area contributed by atoms with Crippen LogP contribution in [0.25, 0.3) is 11.1 Å². The molecule has 2 rings (SSSR count). The van der Waals surface area contributed by atoms with Gasteiger partial charge in [-0.05, 0) is 48.4 Å². The molecule has 122 valence electrons. The largest absolute Gasteiger partial charge is 0.469 e. The molecule has 0 spiro atoms. The van der Waals surface area contributed by atoms with Crippen molar-refractivity contribution in [1.29, 1.82) is 0 Å². The van der Waals surface area contributed by atoms with E-state index in [1.54, 1.807) is 25.4 Å². The first kappa shape index (κ1) is 17.1. The van der Waals surface area contributed by atoms with E-state index in [2.05, 4.69) is 10.3 Å². The fourth-order valence-electron chi connectivity index (χ4n) is 2.40. The van der Waals surface area contributed by atoms with Gasteiger partial charge in [0.15, 0.2) is 0 Å². The number of ether oxygens (including phenoxy) is 1. The first-order chi connectivity index (χ1) is 11.1. The molecule has 0 aliphatic rings. The van der Waals surface area contributed by atoms with Gasteiger partial charge in [0.25, 0.3) is 0 Å². The zero-order chi connectivity index (χ0) is 16.8. The minimum atomic E-state index is -0.398. The number of pyridine rings is 1. The van der Waals surface area contributed by atoms with E-state index >= 15 is 0 Å². The van der Waals surface area contributed by atoms with Crippen LogP contribution < -0.4 is 5.32 Å². The summed E-state index contributed by atoms with van der Waals surface area (Å²) in [5.41, 5.74) is 3.38. The molecule has 1 atom stereocenters. The molecule has 1 aromatic carbocycles. The van der Waals surface area contributed by atoms with Gasteiger partial charge >= 0.3 is 5.97 Å². The molecule has 0 radical (unpaired) electrons. The van der Waals surface area contributed by atoms with Gasteiger partial charge in [-0.15, -0.1) is 0 Å². The molecule has 4 nitrogen and oxygen atoms in total. The van der Waals surface area contributed by atoms with Crippen LogP contribution in [-0.2, 0) is 16.1 Å². The number of carbonyl (C=O) groups excluding carboxylic acids is 1. The summed E-state index contributed by atoms with van der Waals surface area (Å²) in [7, 11) is 1.37. The van der Waals surface area contributed by atoms with Crippen LogP contribution >= 0.6 is 0 Å². The van der Waals surface area contributed by atoms with Crippen LogP contribution in [0.3, 0.4) is 0 Å². The van der Waals surface area contributed by atoms with Crippen LogP contribution in [0.5, 0.6) is 0 Å². The van der Waals surface area contributed by atoms with Crippen LogP contribution in [0.4, 0.5) is 4.39 Å². The summed E-state index contributed by atoms with van der Waals surface area (Å²) < 4.78 is 18.3. The zero-order valence-corrected chi connectivity index (χ0v) is 13.6. The molecule has 1 N–H and O–H groups in total. The number of nitrogens with one attached hydrogen (secondary N) is 1. The number of aromatic nitrogens is 1. The van der Waals surface area contributed by atoms with Gasteiger partial charge in [0.1, 0.15) is 5.82 Å². The summed E-state index contributed by atoms with van der Waals surface area (Å²) in [5, 5.41) is 3.21. The third-order valence-electron chi connectivity index (χ3n) is 3.76. The van der Waals surface area contributed by atoms with Crippen molar-refractivity contribution < 1.29 is 13.9 Å². The average molecular weight is 316 g/mol. The van der Waals surface area contributed by atoms with E-state index in [1.807, 2.05) is 13.0 Å². The smallest absolute Gasteiger partial charge is 0.312 e. The fourth-order valence-corrected chi connectivity index (χ4v) is 2.40. The molecule has 0 aliphatic carbocycles. The number of benzene rings is 1. The standard InChI is InChI=1S/C18H21FN2O2/c1-4-20-10-15-8-16(19)5-6-17(15)14-7-13(9-21-11-14)12(2)18(22)23-3/h5-9,11-12,20H,4,10H2,1-3H3. The van der Waals surface area contributed by atoms with Gasteiger partial charge in [0.05, 0.1) is 13.0 Å². The molecule has 0 amide bonds. The van der Waals surface area contributed by atoms with E-state index in [1.165, 1.54) is 19.2 Å². The van der Waals surface area contributed by atoms with Crippen molar-refractivity contribution in [2.75, 3.05) is 13.7 Å². The topological polar surface area (TPSA) is 51.2 Å². The molecule has 0 saturated carbocycles. The van der Waals surface area contributed by atoms with E-state index in [4.69, 9.17) is 4.74 Å². The number of hydrogen-bond donors (Lipinski definition) is 1. The molecule has 1 aromatic heterocycles. The molecular weight excluding hydrogens is 295 g/mol.